The molecule has 3 rings (SSSR count). The summed E-state index contributed by atoms with van der Waals surface area (Å²) in [4.78, 5) is 19.8. The molecular formula is C25H38N4O. The van der Waals surface area contributed by atoms with Gasteiger partial charge >= 0.3 is 6.03 Å². The molecule has 2 aromatic rings. The fraction of sp³-hybridized carbons (Fsp3) is 0.600. The Hall–Kier alpha value is -2.30. The van der Waals surface area contributed by atoms with Gasteiger partial charge in [0.2, 0.25) is 0 Å². The summed E-state index contributed by atoms with van der Waals surface area (Å²) >= 11 is 0. The number of imidazole rings is 1. The van der Waals surface area contributed by atoms with Crippen LogP contribution >= 0.6 is 0 Å². The molecule has 0 aliphatic heterocycles. The standard InChI is InChI=1S/C25H38N4O/c1-18-14-19(2)22(20(3)15-18)16-28-13-12-26-23(28)17-29(21-10-8-7-9-11-21)24(30)27-25(4,5)6/h12-15,21H,7-11,16-17H2,1-6H3,(H,27,30). The third-order valence-corrected chi connectivity index (χ3v) is 6.04. The number of hydrogen-bond acceptors (Lipinski definition) is 2. The van der Waals surface area contributed by atoms with Crippen molar-refractivity contribution in [2.24, 2.45) is 0 Å². The third kappa shape index (κ3) is 5.65. The zero-order valence-electron chi connectivity index (χ0n) is 19.6. The first-order chi connectivity index (χ1) is 14.1. The highest BCUT2D eigenvalue weighted by atomic mass is 16.2. The van der Waals surface area contributed by atoms with E-state index in [2.05, 4.69) is 47.8 Å². The molecule has 1 saturated carbocycles. The molecule has 5 nitrogen and oxygen atoms in total. The number of carbonyl (C=O) groups excluding carboxylic acids is 1. The lowest BCUT2D eigenvalue weighted by molar-refractivity contribution is 0.141. The summed E-state index contributed by atoms with van der Waals surface area (Å²) in [5.74, 6) is 0.948. The van der Waals surface area contributed by atoms with Gasteiger partial charge in [0.1, 0.15) is 5.82 Å². The Bertz CT molecular complexity index is 849. The lowest BCUT2D eigenvalue weighted by Gasteiger charge is -2.36. The first-order valence-corrected chi connectivity index (χ1v) is 11.3. The van der Waals surface area contributed by atoms with Crippen molar-refractivity contribution in [3.05, 3.63) is 52.6 Å². The highest BCUT2D eigenvalue weighted by molar-refractivity contribution is 5.75. The Balaban J connectivity index is 1.84. The number of aromatic nitrogens is 2. The van der Waals surface area contributed by atoms with Crippen LogP contribution in [0.5, 0.6) is 0 Å². The van der Waals surface area contributed by atoms with Crippen molar-refractivity contribution in [1.82, 2.24) is 19.8 Å². The van der Waals surface area contributed by atoms with Gasteiger partial charge in [-0.2, -0.15) is 0 Å². The van der Waals surface area contributed by atoms with Crippen molar-refractivity contribution < 1.29 is 4.79 Å². The smallest absolute Gasteiger partial charge is 0.318 e. The minimum atomic E-state index is -0.254. The maximum absolute atomic E-state index is 13.2. The second-order valence-corrected chi connectivity index (χ2v) is 9.95. The molecule has 5 heteroatoms. The first-order valence-electron chi connectivity index (χ1n) is 11.3. The lowest BCUT2D eigenvalue weighted by Crippen LogP contribution is -2.52. The predicted molar refractivity (Wildman–Crippen MR) is 123 cm³/mol. The van der Waals surface area contributed by atoms with Gasteiger partial charge in [-0.25, -0.2) is 9.78 Å². The van der Waals surface area contributed by atoms with Crippen molar-refractivity contribution >= 4 is 6.03 Å². The van der Waals surface area contributed by atoms with Crippen LogP contribution in [0, 0.1) is 20.8 Å². The van der Waals surface area contributed by atoms with Crippen LogP contribution in [0.3, 0.4) is 0 Å². The van der Waals surface area contributed by atoms with Gasteiger partial charge in [-0.05, 0) is 71.1 Å². The van der Waals surface area contributed by atoms with Gasteiger partial charge in [-0.3, -0.25) is 0 Å². The van der Waals surface area contributed by atoms with Crippen LogP contribution in [0.2, 0.25) is 0 Å². The predicted octanol–water partition coefficient (Wildman–Crippen LogP) is 5.50. The maximum Gasteiger partial charge on any atom is 0.318 e. The molecule has 1 aliphatic carbocycles. The summed E-state index contributed by atoms with van der Waals surface area (Å²) in [7, 11) is 0. The summed E-state index contributed by atoms with van der Waals surface area (Å²) in [6, 6.07) is 4.79. The van der Waals surface area contributed by atoms with Gasteiger partial charge in [0.05, 0.1) is 6.54 Å². The van der Waals surface area contributed by atoms with Crippen molar-refractivity contribution in [2.75, 3.05) is 0 Å². The molecule has 0 spiro atoms. The van der Waals surface area contributed by atoms with Gasteiger partial charge in [0, 0.05) is 30.5 Å². The minimum absolute atomic E-state index is 0.0200. The largest absolute Gasteiger partial charge is 0.333 e. The molecule has 0 bridgehead atoms. The van der Waals surface area contributed by atoms with E-state index in [0.717, 1.165) is 25.2 Å². The van der Waals surface area contributed by atoms with E-state index in [-0.39, 0.29) is 17.6 Å². The molecule has 164 valence electrons. The topological polar surface area (TPSA) is 50.2 Å². The van der Waals surface area contributed by atoms with Crippen LogP contribution in [-0.2, 0) is 13.1 Å². The zero-order valence-corrected chi connectivity index (χ0v) is 19.6. The summed E-state index contributed by atoms with van der Waals surface area (Å²) in [5, 5.41) is 3.17. The van der Waals surface area contributed by atoms with Crippen LogP contribution in [0.1, 0.15) is 81.0 Å². The van der Waals surface area contributed by atoms with Gasteiger partial charge in [-0.15, -0.1) is 0 Å². The number of urea groups is 1. The number of nitrogens with one attached hydrogen (secondary N) is 1. The summed E-state index contributed by atoms with van der Waals surface area (Å²) in [6.45, 7) is 13.9. The zero-order chi connectivity index (χ0) is 21.9. The minimum Gasteiger partial charge on any atom is -0.333 e. The summed E-state index contributed by atoms with van der Waals surface area (Å²) < 4.78 is 2.20. The monoisotopic (exact) mass is 410 g/mol. The van der Waals surface area contributed by atoms with E-state index in [9.17, 15) is 4.79 Å². The number of nitrogens with zero attached hydrogens (tertiary/aromatic N) is 3. The van der Waals surface area contributed by atoms with Crippen molar-refractivity contribution in [2.45, 2.75) is 98.3 Å². The van der Waals surface area contributed by atoms with E-state index in [4.69, 9.17) is 0 Å². The van der Waals surface area contributed by atoms with Crippen LogP contribution in [0.25, 0.3) is 0 Å². The molecule has 0 radical (unpaired) electrons. The average Bonchev–Trinajstić information content (AvgIpc) is 3.08. The number of carbonyl (C=O) groups is 1. The quantitative estimate of drug-likeness (QED) is 0.707. The van der Waals surface area contributed by atoms with E-state index in [1.54, 1.807) is 0 Å². The van der Waals surface area contributed by atoms with Gasteiger partial charge in [0.25, 0.3) is 0 Å². The van der Waals surface area contributed by atoms with E-state index < -0.39 is 0 Å². The third-order valence-electron chi connectivity index (χ3n) is 6.04. The Morgan fingerprint density at radius 3 is 2.37 bits per heavy atom. The van der Waals surface area contributed by atoms with Gasteiger partial charge in [0.15, 0.2) is 0 Å². The Kier molecular flexibility index (Phi) is 6.89. The van der Waals surface area contributed by atoms with Crippen molar-refractivity contribution in [1.29, 1.82) is 0 Å². The fourth-order valence-electron chi connectivity index (χ4n) is 4.57. The van der Waals surface area contributed by atoms with Gasteiger partial charge in [-0.1, -0.05) is 37.0 Å². The van der Waals surface area contributed by atoms with E-state index in [0.29, 0.717) is 6.54 Å². The van der Waals surface area contributed by atoms with Crippen LogP contribution in [0.4, 0.5) is 4.79 Å². The molecule has 1 aromatic heterocycles. The Labute approximate surface area is 181 Å². The maximum atomic E-state index is 13.2. The van der Waals surface area contributed by atoms with Crippen LogP contribution in [0.15, 0.2) is 24.5 Å². The molecule has 0 saturated heterocycles. The molecule has 1 aliphatic rings. The van der Waals surface area contributed by atoms with E-state index >= 15 is 0 Å². The van der Waals surface area contributed by atoms with Gasteiger partial charge < -0.3 is 14.8 Å². The summed E-state index contributed by atoms with van der Waals surface area (Å²) in [5.41, 5.74) is 4.99. The molecular weight excluding hydrogens is 372 g/mol. The number of rotatable bonds is 5. The first kappa shape index (κ1) is 22.4. The lowest BCUT2D eigenvalue weighted by atomic mass is 9.94. The molecule has 0 unspecified atom stereocenters. The van der Waals surface area contributed by atoms with E-state index in [1.165, 1.54) is 41.5 Å². The number of aryl methyl sites for hydroxylation is 3. The Morgan fingerprint density at radius 2 is 1.77 bits per heavy atom. The second kappa shape index (κ2) is 9.23. The molecule has 1 fully saturated rings. The molecule has 1 aromatic carbocycles. The molecule has 1 heterocycles. The summed E-state index contributed by atoms with van der Waals surface area (Å²) in [6.07, 6.45) is 9.71. The van der Waals surface area contributed by atoms with Crippen molar-refractivity contribution in [3.63, 3.8) is 0 Å². The second-order valence-electron chi connectivity index (χ2n) is 9.95. The molecule has 30 heavy (non-hydrogen) atoms. The van der Waals surface area contributed by atoms with E-state index in [1.807, 2.05) is 38.1 Å². The molecule has 0 atom stereocenters. The number of hydrogen-bond donors (Lipinski definition) is 1. The number of benzene rings is 1. The molecule has 1 N–H and O–H groups in total. The fourth-order valence-corrected chi connectivity index (χ4v) is 4.57. The highest BCUT2D eigenvalue weighted by Gasteiger charge is 2.29. The molecule has 2 amide bonds. The van der Waals surface area contributed by atoms with Crippen LogP contribution < -0.4 is 5.32 Å². The SMILES string of the molecule is Cc1cc(C)c(Cn2ccnc2CN(C(=O)NC(C)(C)C)C2CCCCC2)c(C)c1. The average molecular weight is 411 g/mol. The van der Waals surface area contributed by atoms with Crippen LogP contribution in [-0.4, -0.2) is 32.1 Å². The Morgan fingerprint density at radius 1 is 1.13 bits per heavy atom. The highest BCUT2D eigenvalue weighted by Crippen LogP contribution is 2.25. The van der Waals surface area contributed by atoms with Crippen molar-refractivity contribution in [3.8, 4) is 0 Å². The normalized spacial score (nSPS) is 15.3. The number of amides is 2.